The molecule has 23 heavy (non-hydrogen) atoms. The highest BCUT2D eigenvalue weighted by Gasteiger charge is 2.07. The van der Waals surface area contributed by atoms with E-state index in [0.29, 0.717) is 5.69 Å². The average molecular weight is 329 g/mol. The molecule has 0 aliphatic carbocycles. The molecule has 3 aromatic carbocycles. The van der Waals surface area contributed by atoms with E-state index in [2.05, 4.69) is 10.6 Å². The minimum Gasteiger partial charge on any atom is -0.376 e. The topological polar surface area (TPSA) is 41.1 Å². The number of carbonyl (C=O) groups is 1. The lowest BCUT2D eigenvalue weighted by molar-refractivity contribution is -0.114. The van der Waals surface area contributed by atoms with Crippen molar-refractivity contribution in [2.45, 2.75) is 0 Å². The fourth-order valence-electron chi connectivity index (χ4n) is 2.27. The van der Waals surface area contributed by atoms with Gasteiger partial charge in [0, 0.05) is 5.69 Å². The Morgan fingerprint density at radius 1 is 1.00 bits per heavy atom. The summed E-state index contributed by atoms with van der Waals surface area (Å²) in [6, 6.07) is 17.7. The van der Waals surface area contributed by atoms with E-state index in [-0.39, 0.29) is 17.5 Å². The molecule has 0 aliphatic heterocycles. The van der Waals surface area contributed by atoms with E-state index in [1.54, 1.807) is 0 Å². The largest absolute Gasteiger partial charge is 0.376 e. The Balaban J connectivity index is 1.63. The summed E-state index contributed by atoms with van der Waals surface area (Å²) in [5.74, 6) is -0.700. The highest BCUT2D eigenvalue weighted by molar-refractivity contribution is 6.33. The molecule has 0 aliphatic rings. The molecule has 0 heterocycles. The first-order valence-electron chi connectivity index (χ1n) is 7.09. The molecule has 0 bridgehead atoms. The summed E-state index contributed by atoms with van der Waals surface area (Å²) in [7, 11) is 0. The first-order valence-corrected chi connectivity index (χ1v) is 7.47. The van der Waals surface area contributed by atoms with Gasteiger partial charge in [-0.1, -0.05) is 41.9 Å². The first-order chi connectivity index (χ1) is 11.1. The fraction of sp³-hybridized carbons (Fsp3) is 0.0556. The number of nitrogens with one attached hydrogen (secondary N) is 2. The molecule has 2 N–H and O–H groups in total. The second-order valence-electron chi connectivity index (χ2n) is 5.09. The van der Waals surface area contributed by atoms with Gasteiger partial charge < -0.3 is 10.6 Å². The number of halogens is 2. The predicted molar refractivity (Wildman–Crippen MR) is 92.5 cm³/mol. The van der Waals surface area contributed by atoms with Crippen molar-refractivity contribution in [1.82, 2.24) is 0 Å². The van der Waals surface area contributed by atoms with Crippen LogP contribution in [0.4, 0.5) is 15.8 Å². The smallest absolute Gasteiger partial charge is 0.243 e. The zero-order valence-electron chi connectivity index (χ0n) is 12.1. The quantitative estimate of drug-likeness (QED) is 0.730. The molecular weight excluding hydrogens is 315 g/mol. The van der Waals surface area contributed by atoms with Gasteiger partial charge in [0.1, 0.15) is 5.82 Å². The second kappa shape index (κ2) is 6.67. The molecule has 5 heteroatoms. The highest BCUT2D eigenvalue weighted by atomic mass is 35.5. The monoisotopic (exact) mass is 328 g/mol. The Kier molecular flexibility index (Phi) is 4.44. The van der Waals surface area contributed by atoms with Crippen molar-refractivity contribution >= 4 is 39.7 Å². The maximum atomic E-state index is 13.0. The maximum Gasteiger partial charge on any atom is 0.243 e. The van der Waals surface area contributed by atoms with E-state index in [9.17, 15) is 9.18 Å². The van der Waals surface area contributed by atoms with Crippen LogP contribution in [0.3, 0.4) is 0 Å². The van der Waals surface area contributed by atoms with E-state index in [0.717, 1.165) is 22.5 Å². The molecule has 0 unspecified atom stereocenters. The Morgan fingerprint density at radius 2 is 1.78 bits per heavy atom. The number of benzene rings is 3. The minimum absolute atomic E-state index is 0.0893. The predicted octanol–water partition coefficient (Wildman–Crippen LogP) is 4.68. The first kappa shape index (κ1) is 15.3. The van der Waals surface area contributed by atoms with Crippen LogP contribution in [0, 0.1) is 5.82 Å². The normalized spacial score (nSPS) is 10.5. The van der Waals surface area contributed by atoms with Crippen LogP contribution in [0.25, 0.3) is 10.8 Å². The Bertz CT molecular complexity index is 867. The molecule has 3 rings (SSSR count). The second-order valence-corrected chi connectivity index (χ2v) is 5.50. The van der Waals surface area contributed by atoms with Crippen LogP contribution in [-0.4, -0.2) is 12.5 Å². The number of amides is 1. The molecule has 0 aromatic heterocycles. The van der Waals surface area contributed by atoms with Crippen LogP contribution in [-0.2, 0) is 4.79 Å². The molecule has 0 fully saturated rings. The Hall–Kier alpha value is -2.59. The van der Waals surface area contributed by atoms with Crippen molar-refractivity contribution in [3.05, 3.63) is 71.5 Å². The van der Waals surface area contributed by atoms with Crippen molar-refractivity contribution in [2.24, 2.45) is 0 Å². The van der Waals surface area contributed by atoms with Gasteiger partial charge in [-0.2, -0.15) is 0 Å². The fourth-order valence-corrected chi connectivity index (χ4v) is 2.48. The molecule has 0 radical (unpaired) electrons. The summed E-state index contributed by atoms with van der Waals surface area (Å²) >= 11 is 5.88. The van der Waals surface area contributed by atoms with Crippen molar-refractivity contribution in [3.63, 3.8) is 0 Å². The van der Waals surface area contributed by atoms with E-state index in [1.165, 1.54) is 12.1 Å². The van der Waals surface area contributed by atoms with Crippen LogP contribution < -0.4 is 10.6 Å². The van der Waals surface area contributed by atoms with Gasteiger partial charge in [-0.25, -0.2) is 4.39 Å². The molecule has 0 saturated heterocycles. The number of anilines is 2. The molecule has 116 valence electrons. The summed E-state index contributed by atoms with van der Waals surface area (Å²) in [6.07, 6.45) is 0. The van der Waals surface area contributed by atoms with Gasteiger partial charge in [-0.05, 0) is 41.1 Å². The number of carbonyl (C=O) groups excluding carboxylic acids is 1. The zero-order chi connectivity index (χ0) is 16.2. The third-order valence-corrected chi connectivity index (χ3v) is 3.72. The van der Waals surface area contributed by atoms with Gasteiger partial charge in [0.15, 0.2) is 0 Å². The summed E-state index contributed by atoms with van der Waals surface area (Å²) in [5, 5.41) is 8.11. The van der Waals surface area contributed by atoms with Crippen molar-refractivity contribution < 1.29 is 9.18 Å². The molecule has 0 spiro atoms. The van der Waals surface area contributed by atoms with E-state index in [1.807, 2.05) is 42.5 Å². The molecule has 3 nitrogen and oxygen atoms in total. The summed E-state index contributed by atoms with van der Waals surface area (Å²) in [5.41, 5.74) is 1.24. The van der Waals surface area contributed by atoms with Crippen LogP contribution in [0.2, 0.25) is 5.02 Å². The van der Waals surface area contributed by atoms with Gasteiger partial charge in [-0.15, -0.1) is 0 Å². The number of hydrogen-bond donors (Lipinski definition) is 2. The summed E-state index contributed by atoms with van der Waals surface area (Å²) < 4.78 is 13.0. The van der Waals surface area contributed by atoms with E-state index in [4.69, 9.17) is 11.6 Å². The van der Waals surface area contributed by atoms with Crippen molar-refractivity contribution in [2.75, 3.05) is 17.2 Å². The SMILES string of the molecule is O=C(CNc1ccc2ccccc2c1)Nc1ccc(F)cc1Cl. The van der Waals surface area contributed by atoms with Gasteiger partial charge in [-0.3, -0.25) is 4.79 Å². The Labute approximate surface area is 138 Å². The maximum absolute atomic E-state index is 13.0. The molecule has 1 amide bonds. The van der Waals surface area contributed by atoms with Gasteiger partial charge in [0.25, 0.3) is 0 Å². The molecule has 0 saturated carbocycles. The minimum atomic E-state index is -0.442. The lowest BCUT2D eigenvalue weighted by Gasteiger charge is -2.10. The summed E-state index contributed by atoms with van der Waals surface area (Å²) in [4.78, 5) is 12.0. The summed E-state index contributed by atoms with van der Waals surface area (Å²) in [6.45, 7) is 0.0893. The van der Waals surface area contributed by atoms with Crippen LogP contribution in [0.1, 0.15) is 0 Å². The van der Waals surface area contributed by atoms with Gasteiger partial charge in [0.05, 0.1) is 17.3 Å². The van der Waals surface area contributed by atoms with Crippen LogP contribution >= 0.6 is 11.6 Å². The van der Waals surface area contributed by atoms with Crippen LogP contribution in [0.5, 0.6) is 0 Å². The highest BCUT2D eigenvalue weighted by Crippen LogP contribution is 2.22. The number of rotatable bonds is 4. The van der Waals surface area contributed by atoms with Crippen LogP contribution in [0.15, 0.2) is 60.7 Å². The number of fused-ring (bicyclic) bond motifs is 1. The van der Waals surface area contributed by atoms with Gasteiger partial charge in [0.2, 0.25) is 5.91 Å². The van der Waals surface area contributed by atoms with Crippen molar-refractivity contribution in [1.29, 1.82) is 0 Å². The Morgan fingerprint density at radius 3 is 2.57 bits per heavy atom. The van der Waals surface area contributed by atoms with E-state index < -0.39 is 5.82 Å². The standard InChI is InChI=1S/C18H14ClFN2O/c19-16-10-14(20)6-8-17(16)22-18(23)11-21-15-7-5-12-3-1-2-4-13(12)9-15/h1-10,21H,11H2,(H,22,23). The molecule has 3 aromatic rings. The third kappa shape index (κ3) is 3.79. The zero-order valence-corrected chi connectivity index (χ0v) is 12.9. The lowest BCUT2D eigenvalue weighted by atomic mass is 10.1. The lowest BCUT2D eigenvalue weighted by Crippen LogP contribution is -2.21. The number of hydrogen-bond acceptors (Lipinski definition) is 2. The third-order valence-electron chi connectivity index (χ3n) is 3.41. The molecular formula is C18H14ClFN2O. The van der Waals surface area contributed by atoms with E-state index >= 15 is 0 Å². The van der Waals surface area contributed by atoms with Crippen molar-refractivity contribution in [3.8, 4) is 0 Å². The van der Waals surface area contributed by atoms with Gasteiger partial charge >= 0.3 is 0 Å². The molecule has 0 atom stereocenters. The average Bonchev–Trinajstić information content (AvgIpc) is 2.55.